The van der Waals surface area contributed by atoms with Crippen molar-refractivity contribution >= 4 is 68.3 Å². The van der Waals surface area contributed by atoms with Crippen molar-refractivity contribution in [2.24, 2.45) is 0 Å². The van der Waals surface area contributed by atoms with Gasteiger partial charge >= 0.3 is 5.97 Å². The molecule has 6 nitrogen and oxygen atoms in total. The van der Waals surface area contributed by atoms with Crippen molar-refractivity contribution < 1.29 is 19.1 Å². The van der Waals surface area contributed by atoms with Crippen LogP contribution in [0.4, 0.5) is 11.4 Å². The first-order valence-electron chi connectivity index (χ1n) is 8.21. The van der Waals surface area contributed by atoms with Crippen molar-refractivity contribution in [3.8, 4) is 0 Å². The summed E-state index contributed by atoms with van der Waals surface area (Å²) in [6.45, 7) is 1.46. The number of carbonyl (C=O) groups excluding carboxylic acids is 3. The van der Waals surface area contributed by atoms with E-state index in [1.807, 2.05) is 13.0 Å². The molecule has 2 amide bonds. The molecule has 2 rings (SSSR count). The first kappa shape index (κ1) is 22.2. The van der Waals surface area contributed by atoms with Gasteiger partial charge in [0.2, 0.25) is 5.91 Å². The topological polar surface area (TPSA) is 84.5 Å². The maximum atomic E-state index is 11.9. The van der Waals surface area contributed by atoms with E-state index in [2.05, 4.69) is 26.6 Å². The number of halogens is 3. The van der Waals surface area contributed by atoms with Crippen LogP contribution in [0.1, 0.15) is 18.4 Å². The molecule has 2 aromatic carbocycles. The van der Waals surface area contributed by atoms with E-state index in [1.165, 1.54) is 6.07 Å². The van der Waals surface area contributed by atoms with E-state index in [0.29, 0.717) is 21.4 Å². The Hall–Kier alpha value is -2.09. The Balaban J connectivity index is 1.71. The van der Waals surface area contributed by atoms with E-state index in [-0.39, 0.29) is 18.7 Å². The fourth-order valence-corrected chi connectivity index (χ4v) is 2.70. The summed E-state index contributed by atoms with van der Waals surface area (Å²) in [7, 11) is 0. The van der Waals surface area contributed by atoms with Gasteiger partial charge in [-0.25, -0.2) is 0 Å². The molecule has 0 saturated carbocycles. The number of anilines is 2. The largest absolute Gasteiger partial charge is 0.456 e. The maximum Gasteiger partial charge on any atom is 0.306 e. The summed E-state index contributed by atoms with van der Waals surface area (Å²) in [6, 6.07) is 9.98. The molecule has 0 spiro atoms. The first-order valence-corrected chi connectivity index (χ1v) is 9.76. The van der Waals surface area contributed by atoms with Gasteiger partial charge in [0.15, 0.2) is 6.61 Å². The molecule has 148 valence electrons. The average molecular weight is 488 g/mol. The second-order valence-electron chi connectivity index (χ2n) is 5.85. The molecule has 0 unspecified atom stereocenters. The number of hydrogen-bond acceptors (Lipinski definition) is 4. The van der Waals surface area contributed by atoms with Crippen molar-refractivity contribution in [2.45, 2.75) is 19.8 Å². The Morgan fingerprint density at radius 3 is 2.25 bits per heavy atom. The van der Waals surface area contributed by atoms with Crippen LogP contribution >= 0.6 is 39.1 Å². The maximum absolute atomic E-state index is 11.9. The van der Waals surface area contributed by atoms with Gasteiger partial charge in [-0.15, -0.1) is 0 Å². The second kappa shape index (κ2) is 10.5. The Kier molecular flexibility index (Phi) is 8.29. The molecule has 2 N–H and O–H groups in total. The second-order valence-corrected chi connectivity index (χ2v) is 7.52. The molecule has 9 heteroatoms. The van der Waals surface area contributed by atoms with Crippen LogP contribution in [0.3, 0.4) is 0 Å². The van der Waals surface area contributed by atoms with Crippen LogP contribution in [0.5, 0.6) is 0 Å². The minimum Gasteiger partial charge on any atom is -0.456 e. The van der Waals surface area contributed by atoms with Crippen molar-refractivity contribution in [2.75, 3.05) is 17.2 Å². The predicted octanol–water partition coefficient (Wildman–Crippen LogP) is 4.96. The van der Waals surface area contributed by atoms with Gasteiger partial charge in [0.1, 0.15) is 0 Å². The lowest BCUT2D eigenvalue weighted by Crippen LogP contribution is -2.21. The lowest BCUT2D eigenvalue weighted by Gasteiger charge is -2.08. The smallest absolute Gasteiger partial charge is 0.306 e. The van der Waals surface area contributed by atoms with Gasteiger partial charge in [0.25, 0.3) is 5.91 Å². The van der Waals surface area contributed by atoms with Gasteiger partial charge in [-0.05, 0) is 48.9 Å². The molecule has 0 fully saturated rings. The Morgan fingerprint density at radius 1 is 0.929 bits per heavy atom. The zero-order valence-corrected chi connectivity index (χ0v) is 18.0. The number of ether oxygens (including phenoxy) is 1. The molecular formula is C19H17BrCl2N2O4. The zero-order chi connectivity index (χ0) is 20.7. The summed E-state index contributed by atoms with van der Waals surface area (Å²) >= 11 is 15.1. The molecule has 0 aliphatic heterocycles. The third-order valence-corrected chi connectivity index (χ3v) is 5.19. The summed E-state index contributed by atoms with van der Waals surface area (Å²) in [5.74, 6) is -1.49. The van der Waals surface area contributed by atoms with Crippen LogP contribution in [0, 0.1) is 6.92 Å². The molecule has 0 radical (unpaired) electrons. The van der Waals surface area contributed by atoms with Crippen molar-refractivity contribution in [3.63, 3.8) is 0 Å². The number of carbonyl (C=O) groups is 3. The predicted molar refractivity (Wildman–Crippen MR) is 113 cm³/mol. The minimum absolute atomic E-state index is 0.0907. The first-order chi connectivity index (χ1) is 13.2. The number of nitrogens with one attached hydrogen (secondary N) is 2. The normalized spacial score (nSPS) is 10.3. The Morgan fingerprint density at radius 2 is 1.57 bits per heavy atom. The van der Waals surface area contributed by atoms with E-state index in [1.54, 1.807) is 24.3 Å². The molecule has 28 heavy (non-hydrogen) atoms. The van der Waals surface area contributed by atoms with Gasteiger partial charge in [0, 0.05) is 22.3 Å². The molecule has 0 heterocycles. The Labute approximate surface area is 180 Å². The van der Waals surface area contributed by atoms with Gasteiger partial charge in [-0.3, -0.25) is 14.4 Å². The molecular weight excluding hydrogens is 471 g/mol. The van der Waals surface area contributed by atoms with Crippen LogP contribution in [-0.2, 0) is 19.1 Å². The van der Waals surface area contributed by atoms with Crippen molar-refractivity contribution in [3.05, 3.63) is 56.5 Å². The van der Waals surface area contributed by atoms with E-state index in [4.69, 9.17) is 27.9 Å². The van der Waals surface area contributed by atoms with Gasteiger partial charge in [-0.1, -0.05) is 39.1 Å². The quantitative estimate of drug-likeness (QED) is 0.540. The van der Waals surface area contributed by atoms with E-state index in [9.17, 15) is 14.4 Å². The molecule has 0 bridgehead atoms. The lowest BCUT2D eigenvalue weighted by atomic mass is 10.2. The van der Waals surface area contributed by atoms with Crippen LogP contribution < -0.4 is 10.6 Å². The van der Waals surface area contributed by atoms with Crippen LogP contribution in [-0.4, -0.2) is 24.4 Å². The fourth-order valence-electron chi connectivity index (χ4n) is 2.15. The van der Waals surface area contributed by atoms with Crippen molar-refractivity contribution in [1.29, 1.82) is 0 Å². The number of amides is 2. The highest BCUT2D eigenvalue weighted by atomic mass is 79.9. The van der Waals surface area contributed by atoms with Crippen molar-refractivity contribution in [1.82, 2.24) is 0 Å². The molecule has 0 atom stereocenters. The number of rotatable bonds is 7. The van der Waals surface area contributed by atoms with Gasteiger partial charge in [-0.2, -0.15) is 0 Å². The third-order valence-electron chi connectivity index (χ3n) is 3.57. The molecule has 0 aliphatic rings. The molecule has 0 aliphatic carbocycles. The molecule has 2 aromatic rings. The van der Waals surface area contributed by atoms with E-state index < -0.39 is 18.5 Å². The van der Waals surface area contributed by atoms with Gasteiger partial charge < -0.3 is 15.4 Å². The zero-order valence-electron chi connectivity index (χ0n) is 14.9. The summed E-state index contributed by atoms with van der Waals surface area (Å²) in [5.41, 5.74) is 2.03. The number of aryl methyl sites for hydroxylation is 1. The van der Waals surface area contributed by atoms with Crippen LogP contribution in [0.25, 0.3) is 0 Å². The standard InChI is InChI=1S/C19H17BrCl2N2O4/c1-11-8-12(2-4-14(11)20)24-18(26)10-28-19(27)7-6-17(25)23-13-3-5-15(21)16(22)9-13/h2-5,8-9H,6-7,10H2,1H3,(H,23,25)(H,24,26). The minimum atomic E-state index is -0.647. The van der Waals surface area contributed by atoms with Crippen LogP contribution in [0.15, 0.2) is 40.9 Å². The average Bonchev–Trinajstić information content (AvgIpc) is 2.64. The summed E-state index contributed by atoms with van der Waals surface area (Å²) < 4.78 is 5.81. The number of esters is 1. The van der Waals surface area contributed by atoms with E-state index >= 15 is 0 Å². The summed E-state index contributed by atoms with van der Waals surface area (Å²) in [5, 5.41) is 5.92. The molecule has 0 saturated heterocycles. The highest BCUT2D eigenvalue weighted by molar-refractivity contribution is 9.10. The molecule has 0 aromatic heterocycles. The van der Waals surface area contributed by atoms with Crippen LogP contribution in [0.2, 0.25) is 10.0 Å². The summed E-state index contributed by atoms with van der Waals surface area (Å²) in [6.07, 6.45) is -0.246. The number of benzene rings is 2. The van der Waals surface area contributed by atoms with E-state index in [0.717, 1.165) is 10.0 Å². The monoisotopic (exact) mass is 486 g/mol. The SMILES string of the molecule is Cc1cc(NC(=O)COC(=O)CCC(=O)Nc2ccc(Cl)c(Cl)c2)ccc1Br. The highest BCUT2D eigenvalue weighted by Crippen LogP contribution is 2.25. The number of hydrogen-bond donors (Lipinski definition) is 2. The summed E-state index contributed by atoms with van der Waals surface area (Å²) in [4.78, 5) is 35.5. The lowest BCUT2D eigenvalue weighted by molar-refractivity contribution is -0.147. The third kappa shape index (κ3) is 7.14. The Bertz CT molecular complexity index is 834. The van der Waals surface area contributed by atoms with Gasteiger partial charge in [0.05, 0.1) is 16.5 Å². The highest BCUT2D eigenvalue weighted by Gasteiger charge is 2.12. The fraction of sp³-hybridized carbons (Fsp3) is 0.211.